The van der Waals surface area contributed by atoms with Crippen LogP contribution in [0, 0.1) is 6.92 Å². The number of aliphatic hydroxyl groups is 1. The molecule has 1 saturated heterocycles. The van der Waals surface area contributed by atoms with Gasteiger partial charge in [0.15, 0.2) is 0 Å². The molecule has 1 atom stereocenters. The molecule has 1 amide bonds. The molecular formula is C26H32N2O5. The molecule has 1 aliphatic heterocycles. The van der Waals surface area contributed by atoms with E-state index < -0.39 is 17.7 Å². The summed E-state index contributed by atoms with van der Waals surface area (Å²) in [7, 11) is 0. The molecule has 7 heteroatoms. The smallest absolute Gasteiger partial charge is 0.295 e. The van der Waals surface area contributed by atoms with Gasteiger partial charge in [-0.05, 0) is 68.4 Å². The third-order valence-electron chi connectivity index (χ3n) is 6.05. The summed E-state index contributed by atoms with van der Waals surface area (Å²) in [5.41, 5.74) is 1.96. The number of phenols is 1. The first kappa shape index (κ1) is 24.3. The van der Waals surface area contributed by atoms with Crippen molar-refractivity contribution in [1.29, 1.82) is 0 Å². The van der Waals surface area contributed by atoms with Gasteiger partial charge in [-0.3, -0.25) is 9.59 Å². The fourth-order valence-corrected chi connectivity index (χ4v) is 4.17. The molecule has 7 nitrogen and oxygen atoms in total. The molecule has 0 radical (unpaired) electrons. The van der Waals surface area contributed by atoms with E-state index in [1.807, 2.05) is 27.7 Å². The van der Waals surface area contributed by atoms with Crippen molar-refractivity contribution in [3.63, 3.8) is 0 Å². The number of carbonyl (C=O) groups is 2. The third-order valence-corrected chi connectivity index (χ3v) is 6.05. The van der Waals surface area contributed by atoms with Gasteiger partial charge in [-0.1, -0.05) is 26.0 Å². The molecule has 2 N–H and O–H groups in total. The van der Waals surface area contributed by atoms with Crippen LogP contribution in [0.5, 0.6) is 11.5 Å². The van der Waals surface area contributed by atoms with Crippen LogP contribution < -0.4 is 4.74 Å². The number of likely N-dealkylation sites (N-methyl/N-ethyl adjacent to an activating group) is 1. The van der Waals surface area contributed by atoms with Gasteiger partial charge >= 0.3 is 0 Å². The van der Waals surface area contributed by atoms with Crippen LogP contribution in [0.1, 0.15) is 43.5 Å². The number of aromatic hydroxyl groups is 1. The van der Waals surface area contributed by atoms with Crippen molar-refractivity contribution in [2.45, 2.75) is 33.7 Å². The maximum Gasteiger partial charge on any atom is 0.295 e. The van der Waals surface area contributed by atoms with Crippen LogP contribution in [0.3, 0.4) is 0 Å². The van der Waals surface area contributed by atoms with Crippen molar-refractivity contribution in [2.75, 3.05) is 32.8 Å². The quantitative estimate of drug-likeness (QED) is 0.341. The lowest BCUT2D eigenvalue weighted by Crippen LogP contribution is -2.38. The number of Topliss-reactive ketones (excluding diaryl/α,β-unsaturated/α-hetero) is 1. The van der Waals surface area contributed by atoms with Gasteiger partial charge in [-0.25, -0.2) is 0 Å². The summed E-state index contributed by atoms with van der Waals surface area (Å²) in [6, 6.07) is 10.8. The summed E-state index contributed by atoms with van der Waals surface area (Å²) in [6.07, 6.45) is 0. The van der Waals surface area contributed by atoms with Crippen molar-refractivity contribution in [1.82, 2.24) is 9.80 Å². The lowest BCUT2D eigenvalue weighted by molar-refractivity contribution is -0.140. The highest BCUT2D eigenvalue weighted by atomic mass is 16.5. The molecule has 1 fully saturated rings. The highest BCUT2D eigenvalue weighted by Crippen LogP contribution is 2.40. The van der Waals surface area contributed by atoms with Gasteiger partial charge in [0.25, 0.3) is 11.7 Å². The number of aliphatic hydroxyl groups excluding tert-OH is 1. The molecule has 0 spiro atoms. The van der Waals surface area contributed by atoms with Gasteiger partial charge in [0.05, 0.1) is 18.2 Å². The number of phenolic OH excluding ortho intramolecular Hbond substituents is 1. The number of amides is 1. The molecule has 0 aromatic heterocycles. The van der Waals surface area contributed by atoms with Crippen LogP contribution in [-0.2, 0) is 9.59 Å². The first-order valence-corrected chi connectivity index (χ1v) is 11.4. The second-order valence-corrected chi connectivity index (χ2v) is 8.02. The van der Waals surface area contributed by atoms with E-state index in [1.54, 1.807) is 30.3 Å². The highest BCUT2D eigenvalue weighted by molar-refractivity contribution is 6.46. The molecule has 176 valence electrons. The van der Waals surface area contributed by atoms with E-state index in [1.165, 1.54) is 17.0 Å². The van der Waals surface area contributed by atoms with Crippen LogP contribution in [0.4, 0.5) is 0 Å². The lowest BCUT2D eigenvalue weighted by atomic mass is 9.94. The third kappa shape index (κ3) is 5.03. The predicted octanol–water partition coefficient (Wildman–Crippen LogP) is 3.86. The molecule has 2 aromatic rings. The van der Waals surface area contributed by atoms with Crippen molar-refractivity contribution in [2.24, 2.45) is 0 Å². The Morgan fingerprint density at radius 2 is 1.73 bits per heavy atom. The number of ketones is 1. The van der Waals surface area contributed by atoms with Crippen molar-refractivity contribution in [3.05, 3.63) is 64.7 Å². The van der Waals surface area contributed by atoms with Gasteiger partial charge in [0.1, 0.15) is 17.3 Å². The van der Waals surface area contributed by atoms with Gasteiger partial charge in [-0.2, -0.15) is 0 Å². The summed E-state index contributed by atoms with van der Waals surface area (Å²) in [5.74, 6) is -0.784. The second kappa shape index (κ2) is 10.5. The Morgan fingerprint density at radius 1 is 1.06 bits per heavy atom. The number of ether oxygens (including phenoxy) is 1. The summed E-state index contributed by atoms with van der Waals surface area (Å²) in [4.78, 5) is 29.8. The molecule has 2 aromatic carbocycles. The normalized spacial score (nSPS) is 17.7. The number of rotatable bonds is 9. The number of carbonyl (C=O) groups excluding carboxylic acids is 2. The van der Waals surface area contributed by atoms with E-state index in [4.69, 9.17) is 4.74 Å². The number of likely N-dealkylation sites (tertiary alicyclic amines) is 1. The molecule has 0 aliphatic carbocycles. The first-order chi connectivity index (χ1) is 15.8. The Morgan fingerprint density at radius 3 is 2.30 bits per heavy atom. The van der Waals surface area contributed by atoms with Gasteiger partial charge < -0.3 is 24.7 Å². The van der Waals surface area contributed by atoms with Crippen molar-refractivity contribution in [3.8, 4) is 11.5 Å². The standard InChI is InChI=1S/C26H32N2O5/c1-5-27(6-2)14-15-28-23(18-8-11-20(29)12-9-18)22(25(31)26(28)32)24(30)19-10-13-21(33-7-3)17(4)16-19/h8-13,16,23,29-30H,5-7,14-15H2,1-4H3/b24-22-. The monoisotopic (exact) mass is 452 g/mol. The first-order valence-electron chi connectivity index (χ1n) is 11.4. The number of benzene rings is 2. The Hall–Kier alpha value is -3.32. The largest absolute Gasteiger partial charge is 0.508 e. The van der Waals surface area contributed by atoms with E-state index in [0.29, 0.717) is 36.6 Å². The van der Waals surface area contributed by atoms with Crippen LogP contribution in [0.15, 0.2) is 48.0 Å². The number of aryl methyl sites for hydroxylation is 1. The van der Waals surface area contributed by atoms with Gasteiger partial charge in [0.2, 0.25) is 0 Å². The van der Waals surface area contributed by atoms with E-state index in [0.717, 1.165) is 18.7 Å². The summed E-state index contributed by atoms with van der Waals surface area (Å²) in [6.45, 7) is 11.0. The van der Waals surface area contributed by atoms with Gasteiger partial charge in [-0.15, -0.1) is 0 Å². The molecule has 1 unspecified atom stereocenters. The average Bonchev–Trinajstić information content (AvgIpc) is 3.06. The molecule has 1 aliphatic rings. The van der Waals surface area contributed by atoms with Crippen LogP contribution in [0.25, 0.3) is 5.76 Å². The maximum absolute atomic E-state index is 13.1. The van der Waals surface area contributed by atoms with Crippen LogP contribution in [0.2, 0.25) is 0 Å². The highest BCUT2D eigenvalue weighted by Gasteiger charge is 2.46. The molecule has 0 saturated carbocycles. The molecule has 1 heterocycles. The summed E-state index contributed by atoms with van der Waals surface area (Å²) >= 11 is 0. The zero-order valence-corrected chi connectivity index (χ0v) is 19.7. The number of hydrogen-bond acceptors (Lipinski definition) is 6. The Labute approximate surface area is 194 Å². The minimum atomic E-state index is -0.743. The molecule has 33 heavy (non-hydrogen) atoms. The Bertz CT molecular complexity index is 1040. The maximum atomic E-state index is 13.1. The Kier molecular flexibility index (Phi) is 7.76. The molecule has 0 bridgehead atoms. The zero-order valence-electron chi connectivity index (χ0n) is 19.7. The fraction of sp³-hybridized carbons (Fsp3) is 0.385. The zero-order chi connectivity index (χ0) is 24.1. The average molecular weight is 453 g/mol. The Balaban J connectivity index is 2.09. The van der Waals surface area contributed by atoms with E-state index in [9.17, 15) is 19.8 Å². The van der Waals surface area contributed by atoms with E-state index >= 15 is 0 Å². The molecular weight excluding hydrogens is 420 g/mol. The topological polar surface area (TPSA) is 90.3 Å². The second-order valence-electron chi connectivity index (χ2n) is 8.02. The van der Waals surface area contributed by atoms with Gasteiger partial charge in [0, 0.05) is 18.7 Å². The van der Waals surface area contributed by atoms with E-state index in [-0.39, 0.29) is 17.1 Å². The van der Waals surface area contributed by atoms with Crippen LogP contribution >= 0.6 is 0 Å². The number of hydrogen-bond donors (Lipinski definition) is 2. The summed E-state index contributed by atoms with van der Waals surface area (Å²) in [5, 5.41) is 20.9. The van der Waals surface area contributed by atoms with Crippen molar-refractivity contribution < 1.29 is 24.5 Å². The fourth-order valence-electron chi connectivity index (χ4n) is 4.17. The molecule has 3 rings (SSSR count). The van der Waals surface area contributed by atoms with Crippen LogP contribution in [-0.4, -0.2) is 64.5 Å². The van der Waals surface area contributed by atoms with Crippen molar-refractivity contribution >= 4 is 17.4 Å². The predicted molar refractivity (Wildman–Crippen MR) is 127 cm³/mol. The minimum absolute atomic E-state index is 0.0498. The summed E-state index contributed by atoms with van der Waals surface area (Å²) < 4.78 is 5.57. The number of nitrogens with zero attached hydrogens (tertiary/aromatic N) is 2. The van der Waals surface area contributed by atoms with E-state index in [2.05, 4.69) is 4.90 Å². The minimum Gasteiger partial charge on any atom is -0.508 e. The SMILES string of the molecule is CCOc1ccc(/C(O)=C2/C(=O)C(=O)N(CCN(CC)CC)C2c2ccc(O)cc2)cc1C. The lowest BCUT2D eigenvalue weighted by Gasteiger charge is -2.28.